The van der Waals surface area contributed by atoms with Gasteiger partial charge in [0.15, 0.2) is 0 Å². The van der Waals surface area contributed by atoms with Crippen molar-refractivity contribution in [3.8, 4) is 0 Å². The summed E-state index contributed by atoms with van der Waals surface area (Å²) in [4.78, 5) is 23.7. The molecule has 1 fully saturated rings. The molecule has 5 nitrogen and oxygen atoms in total. The summed E-state index contributed by atoms with van der Waals surface area (Å²) < 4.78 is 0. The fourth-order valence-electron chi connectivity index (χ4n) is 2.41. The highest BCUT2D eigenvalue weighted by molar-refractivity contribution is 5.96. The number of rotatable bonds is 5. The van der Waals surface area contributed by atoms with Crippen molar-refractivity contribution in [1.29, 1.82) is 0 Å². The third-order valence-electron chi connectivity index (χ3n) is 3.49. The number of nitrogens with one attached hydrogen (secondary N) is 3. The van der Waals surface area contributed by atoms with Gasteiger partial charge in [0.05, 0.1) is 0 Å². The molecule has 2 rings (SSSR count). The van der Waals surface area contributed by atoms with Crippen LogP contribution in [-0.2, 0) is 4.79 Å². The SMILES string of the molecule is CC(C)NC(=O)c1ccc(NC(=O)CC2CCNC2)cc1.Cl. The summed E-state index contributed by atoms with van der Waals surface area (Å²) >= 11 is 0. The van der Waals surface area contributed by atoms with Gasteiger partial charge in [0.25, 0.3) is 5.91 Å². The van der Waals surface area contributed by atoms with Gasteiger partial charge in [-0.2, -0.15) is 0 Å². The van der Waals surface area contributed by atoms with Gasteiger partial charge in [0, 0.05) is 23.7 Å². The molecule has 1 aromatic carbocycles. The number of carbonyl (C=O) groups excluding carboxylic acids is 2. The van der Waals surface area contributed by atoms with Gasteiger partial charge in [-0.25, -0.2) is 0 Å². The minimum Gasteiger partial charge on any atom is -0.350 e. The van der Waals surface area contributed by atoms with Gasteiger partial charge in [0.2, 0.25) is 5.91 Å². The summed E-state index contributed by atoms with van der Waals surface area (Å²) in [5.41, 5.74) is 1.33. The molecule has 1 atom stereocenters. The first-order valence-electron chi connectivity index (χ1n) is 7.46. The molecule has 0 saturated carbocycles. The third-order valence-corrected chi connectivity index (χ3v) is 3.49. The molecule has 0 spiro atoms. The van der Waals surface area contributed by atoms with Crippen LogP contribution < -0.4 is 16.0 Å². The van der Waals surface area contributed by atoms with Crippen molar-refractivity contribution < 1.29 is 9.59 Å². The van der Waals surface area contributed by atoms with E-state index < -0.39 is 0 Å². The van der Waals surface area contributed by atoms with Crippen LogP contribution in [-0.4, -0.2) is 30.9 Å². The Labute approximate surface area is 137 Å². The average molecular weight is 326 g/mol. The summed E-state index contributed by atoms with van der Waals surface area (Å²) in [7, 11) is 0. The largest absolute Gasteiger partial charge is 0.350 e. The van der Waals surface area contributed by atoms with Crippen molar-refractivity contribution in [3.05, 3.63) is 29.8 Å². The number of halogens is 1. The van der Waals surface area contributed by atoms with E-state index in [2.05, 4.69) is 16.0 Å². The summed E-state index contributed by atoms with van der Waals surface area (Å²) in [6.45, 7) is 5.76. The van der Waals surface area contributed by atoms with Gasteiger partial charge in [-0.05, 0) is 63.5 Å². The third kappa shape index (κ3) is 5.66. The van der Waals surface area contributed by atoms with Crippen LogP contribution in [0.1, 0.15) is 37.0 Å². The van der Waals surface area contributed by atoms with Crippen molar-refractivity contribution in [2.24, 2.45) is 5.92 Å². The van der Waals surface area contributed by atoms with E-state index in [9.17, 15) is 9.59 Å². The van der Waals surface area contributed by atoms with E-state index in [-0.39, 0.29) is 30.3 Å². The topological polar surface area (TPSA) is 70.2 Å². The molecule has 6 heteroatoms. The van der Waals surface area contributed by atoms with Crippen molar-refractivity contribution in [2.75, 3.05) is 18.4 Å². The smallest absolute Gasteiger partial charge is 0.251 e. The lowest BCUT2D eigenvalue weighted by atomic mass is 10.0. The van der Waals surface area contributed by atoms with Crippen molar-refractivity contribution in [3.63, 3.8) is 0 Å². The fourth-order valence-corrected chi connectivity index (χ4v) is 2.41. The molecule has 1 aromatic rings. The molecule has 0 radical (unpaired) electrons. The lowest BCUT2D eigenvalue weighted by molar-refractivity contribution is -0.116. The van der Waals surface area contributed by atoms with E-state index in [4.69, 9.17) is 0 Å². The van der Waals surface area contributed by atoms with E-state index >= 15 is 0 Å². The summed E-state index contributed by atoms with van der Waals surface area (Å²) in [5, 5.41) is 8.96. The molecule has 3 N–H and O–H groups in total. The van der Waals surface area contributed by atoms with Gasteiger partial charge in [-0.15, -0.1) is 12.4 Å². The van der Waals surface area contributed by atoms with E-state index in [0.717, 1.165) is 25.2 Å². The zero-order valence-electron chi connectivity index (χ0n) is 13.0. The highest BCUT2D eigenvalue weighted by atomic mass is 35.5. The standard InChI is InChI=1S/C16H23N3O2.ClH/c1-11(2)18-16(21)13-3-5-14(6-4-13)19-15(20)9-12-7-8-17-10-12;/h3-6,11-12,17H,7-10H2,1-2H3,(H,18,21)(H,19,20);1H. The predicted octanol–water partition coefficient (Wildman–Crippen LogP) is 2.18. The zero-order valence-corrected chi connectivity index (χ0v) is 13.8. The minimum atomic E-state index is -0.0973. The second-order valence-electron chi connectivity index (χ2n) is 5.82. The van der Waals surface area contributed by atoms with Crippen LogP contribution in [0.25, 0.3) is 0 Å². The lowest BCUT2D eigenvalue weighted by Gasteiger charge is -2.11. The van der Waals surface area contributed by atoms with Crippen LogP contribution >= 0.6 is 12.4 Å². The summed E-state index contributed by atoms with van der Waals surface area (Å²) in [6, 6.07) is 7.09. The Kier molecular flexibility index (Phi) is 7.35. The van der Waals surface area contributed by atoms with E-state index in [1.54, 1.807) is 24.3 Å². The Morgan fingerprint density at radius 1 is 1.27 bits per heavy atom. The predicted molar refractivity (Wildman–Crippen MR) is 90.5 cm³/mol. The minimum absolute atomic E-state index is 0. The quantitative estimate of drug-likeness (QED) is 0.777. The second-order valence-corrected chi connectivity index (χ2v) is 5.82. The Hall–Kier alpha value is -1.59. The maximum atomic E-state index is 11.9. The summed E-state index contributed by atoms with van der Waals surface area (Å²) in [5.74, 6) is 0.365. The maximum Gasteiger partial charge on any atom is 0.251 e. The van der Waals surface area contributed by atoms with Crippen LogP contribution in [0.3, 0.4) is 0 Å². The number of anilines is 1. The van der Waals surface area contributed by atoms with Crippen LogP contribution in [0.4, 0.5) is 5.69 Å². The molecule has 0 aromatic heterocycles. The van der Waals surface area contributed by atoms with E-state index in [1.807, 2.05) is 13.8 Å². The Balaban J connectivity index is 0.00000242. The van der Waals surface area contributed by atoms with Gasteiger partial charge in [0.1, 0.15) is 0 Å². The first kappa shape index (κ1) is 18.5. The normalized spacial score (nSPS) is 17.0. The number of amides is 2. The van der Waals surface area contributed by atoms with Gasteiger partial charge < -0.3 is 16.0 Å². The van der Waals surface area contributed by atoms with Crippen LogP contribution in [0.5, 0.6) is 0 Å². The number of carbonyl (C=O) groups is 2. The summed E-state index contributed by atoms with van der Waals surface area (Å²) in [6.07, 6.45) is 1.60. The van der Waals surface area contributed by atoms with Crippen molar-refractivity contribution >= 4 is 29.9 Å². The molecule has 0 aliphatic carbocycles. The molecule has 1 unspecified atom stereocenters. The molecule has 122 valence electrons. The van der Waals surface area contributed by atoms with Crippen LogP contribution in [0.2, 0.25) is 0 Å². The Bertz CT molecular complexity index is 497. The van der Waals surface area contributed by atoms with Crippen LogP contribution in [0, 0.1) is 5.92 Å². The molecule has 0 bridgehead atoms. The first-order chi connectivity index (χ1) is 10.0. The molecular weight excluding hydrogens is 302 g/mol. The number of benzene rings is 1. The zero-order chi connectivity index (χ0) is 15.2. The highest BCUT2D eigenvalue weighted by Gasteiger charge is 2.18. The average Bonchev–Trinajstić information content (AvgIpc) is 2.91. The molecule has 1 heterocycles. The molecular formula is C16H24ClN3O2. The lowest BCUT2D eigenvalue weighted by Crippen LogP contribution is -2.30. The second kappa shape index (κ2) is 8.76. The Morgan fingerprint density at radius 3 is 2.50 bits per heavy atom. The van der Waals surface area contributed by atoms with Crippen molar-refractivity contribution in [2.45, 2.75) is 32.7 Å². The van der Waals surface area contributed by atoms with Crippen LogP contribution in [0.15, 0.2) is 24.3 Å². The Morgan fingerprint density at radius 2 is 1.95 bits per heavy atom. The molecule has 1 aliphatic heterocycles. The van der Waals surface area contributed by atoms with Gasteiger partial charge in [-0.1, -0.05) is 0 Å². The molecule has 1 aliphatic rings. The number of hydrogen-bond acceptors (Lipinski definition) is 3. The maximum absolute atomic E-state index is 11.9. The first-order valence-corrected chi connectivity index (χ1v) is 7.46. The number of hydrogen-bond donors (Lipinski definition) is 3. The fraction of sp³-hybridized carbons (Fsp3) is 0.500. The van der Waals surface area contributed by atoms with Gasteiger partial charge >= 0.3 is 0 Å². The van der Waals surface area contributed by atoms with Crippen molar-refractivity contribution in [1.82, 2.24) is 10.6 Å². The monoisotopic (exact) mass is 325 g/mol. The van der Waals surface area contributed by atoms with E-state index in [1.165, 1.54) is 0 Å². The molecule has 22 heavy (non-hydrogen) atoms. The molecule has 2 amide bonds. The van der Waals surface area contributed by atoms with E-state index in [0.29, 0.717) is 17.9 Å². The highest BCUT2D eigenvalue weighted by Crippen LogP contribution is 2.15. The molecule has 1 saturated heterocycles. The van der Waals surface area contributed by atoms with Gasteiger partial charge in [-0.3, -0.25) is 9.59 Å².